The Morgan fingerprint density at radius 3 is 2.18 bits per heavy atom. The van der Waals surface area contributed by atoms with Crippen molar-refractivity contribution in [2.75, 3.05) is 26.7 Å². The van der Waals surface area contributed by atoms with Gasteiger partial charge in [-0.3, -0.25) is 9.59 Å². The summed E-state index contributed by atoms with van der Waals surface area (Å²) in [6.45, 7) is 7.44. The first-order valence-electron chi connectivity index (χ1n) is 15.0. The number of benzene rings is 3. The molecule has 0 unspecified atom stereocenters. The average Bonchev–Trinajstić information content (AvgIpc) is 2.99. The Bertz CT molecular complexity index is 1410. The minimum Gasteiger partial charge on any atom is -0.497 e. The van der Waals surface area contributed by atoms with Crippen LogP contribution in [0.4, 0.5) is 13.2 Å². The molecule has 0 heterocycles. The summed E-state index contributed by atoms with van der Waals surface area (Å²) in [6, 6.07) is 16.8. The van der Waals surface area contributed by atoms with Crippen molar-refractivity contribution in [3.63, 3.8) is 0 Å². The Hall–Kier alpha value is -4.09. The van der Waals surface area contributed by atoms with Crippen molar-refractivity contribution in [1.29, 1.82) is 0 Å². The number of aliphatic hydroxyl groups excluding tert-OH is 1. The molecule has 0 saturated heterocycles. The van der Waals surface area contributed by atoms with Gasteiger partial charge in [-0.25, -0.2) is 0 Å². The summed E-state index contributed by atoms with van der Waals surface area (Å²) in [7, 11) is 1.57. The molecule has 2 atom stereocenters. The fourth-order valence-corrected chi connectivity index (χ4v) is 5.02. The predicted molar refractivity (Wildman–Crippen MR) is 166 cm³/mol. The molecule has 8 nitrogen and oxygen atoms in total. The molecule has 3 N–H and O–H groups in total. The Morgan fingerprint density at radius 2 is 1.53 bits per heavy atom. The minimum atomic E-state index is -4.86. The number of methoxy groups -OCH3 is 1. The summed E-state index contributed by atoms with van der Waals surface area (Å²) in [4.78, 5) is 28.6. The molecule has 244 valence electrons. The van der Waals surface area contributed by atoms with E-state index in [1.807, 2.05) is 38.1 Å². The van der Waals surface area contributed by atoms with E-state index in [0.717, 1.165) is 18.4 Å². The summed E-state index contributed by atoms with van der Waals surface area (Å²) >= 11 is 0. The number of hydrogen-bond donors (Lipinski definition) is 3. The topological polar surface area (TPSA) is 100 Å². The molecule has 0 spiro atoms. The van der Waals surface area contributed by atoms with E-state index in [4.69, 9.17) is 4.74 Å². The standard InChI is InChI=1S/C34H42F3N3O5/c1-5-13-40(14-6-2)33(43)27-16-23(3)15-26(20-27)32(42)39-30(19-24-9-7-12-29(17-24)45-34(35,36)37)31(41)22-38-21-25-10-8-11-28(18-25)44-4/h7-12,15-18,20,30-31,38,41H,5-6,13-14,19,21-22H2,1-4H3,(H,39,42)/t30-,31+/m0/s1. The second kappa shape index (κ2) is 16.8. The van der Waals surface area contributed by atoms with Crippen LogP contribution in [0.25, 0.3) is 0 Å². The van der Waals surface area contributed by atoms with E-state index in [1.165, 1.54) is 24.3 Å². The molecular weight excluding hydrogens is 587 g/mol. The first kappa shape index (κ1) is 35.4. The van der Waals surface area contributed by atoms with Gasteiger partial charge >= 0.3 is 6.36 Å². The molecule has 0 aliphatic heterocycles. The molecule has 0 radical (unpaired) electrons. The average molecular weight is 630 g/mol. The molecule has 0 aliphatic carbocycles. The quantitative estimate of drug-likeness (QED) is 0.189. The van der Waals surface area contributed by atoms with Crippen LogP contribution in [-0.4, -0.2) is 67.1 Å². The van der Waals surface area contributed by atoms with Gasteiger partial charge in [0.15, 0.2) is 0 Å². The number of carbonyl (C=O) groups is 2. The van der Waals surface area contributed by atoms with Crippen LogP contribution in [0.3, 0.4) is 0 Å². The first-order valence-corrected chi connectivity index (χ1v) is 15.0. The molecule has 3 rings (SSSR count). The third-order valence-electron chi connectivity index (χ3n) is 7.05. The Kier molecular flexibility index (Phi) is 13.2. The molecule has 0 bridgehead atoms. The van der Waals surface area contributed by atoms with Gasteiger partial charge in [-0.1, -0.05) is 38.1 Å². The number of carbonyl (C=O) groups excluding carboxylic acids is 2. The number of alkyl halides is 3. The smallest absolute Gasteiger partial charge is 0.497 e. The highest BCUT2D eigenvalue weighted by atomic mass is 19.4. The van der Waals surface area contributed by atoms with Crippen LogP contribution in [0.5, 0.6) is 11.5 Å². The summed E-state index contributed by atoms with van der Waals surface area (Å²) in [5.41, 5.74) is 2.67. The van der Waals surface area contributed by atoms with Crippen molar-refractivity contribution in [1.82, 2.24) is 15.5 Å². The lowest BCUT2D eigenvalue weighted by Gasteiger charge is -2.26. The van der Waals surface area contributed by atoms with Crippen molar-refractivity contribution in [2.45, 2.75) is 65.1 Å². The molecule has 2 amide bonds. The Morgan fingerprint density at radius 1 is 0.911 bits per heavy atom. The van der Waals surface area contributed by atoms with E-state index in [1.54, 1.807) is 37.1 Å². The monoisotopic (exact) mass is 629 g/mol. The van der Waals surface area contributed by atoms with E-state index < -0.39 is 30.2 Å². The number of nitrogens with one attached hydrogen (secondary N) is 2. The van der Waals surface area contributed by atoms with Crippen LogP contribution in [-0.2, 0) is 13.0 Å². The number of nitrogens with zero attached hydrogens (tertiary/aromatic N) is 1. The molecule has 3 aromatic carbocycles. The highest BCUT2D eigenvalue weighted by molar-refractivity contribution is 6.00. The fraction of sp³-hybridized carbons (Fsp3) is 0.412. The van der Waals surface area contributed by atoms with Gasteiger partial charge in [0.05, 0.1) is 19.3 Å². The van der Waals surface area contributed by atoms with Crippen molar-refractivity contribution in [3.05, 3.63) is 94.5 Å². The predicted octanol–water partition coefficient (Wildman–Crippen LogP) is 5.66. The van der Waals surface area contributed by atoms with Crippen LogP contribution in [0, 0.1) is 6.92 Å². The maximum atomic E-state index is 13.6. The lowest BCUT2D eigenvalue weighted by molar-refractivity contribution is -0.274. The minimum absolute atomic E-state index is 0.0151. The van der Waals surface area contributed by atoms with Gasteiger partial charge in [-0.05, 0) is 85.3 Å². The Labute approximate surface area is 262 Å². The summed E-state index contributed by atoms with van der Waals surface area (Å²) < 4.78 is 47.9. The van der Waals surface area contributed by atoms with Gasteiger partial charge in [0.2, 0.25) is 0 Å². The third kappa shape index (κ3) is 11.4. The second-order valence-electron chi connectivity index (χ2n) is 10.9. The molecule has 3 aromatic rings. The van der Waals surface area contributed by atoms with Gasteiger partial charge < -0.3 is 30.1 Å². The molecule has 0 aliphatic rings. The van der Waals surface area contributed by atoms with Crippen LogP contribution >= 0.6 is 0 Å². The number of ether oxygens (including phenoxy) is 2. The number of halogens is 3. The normalized spacial score (nSPS) is 12.7. The molecular formula is C34H42F3N3O5. The third-order valence-corrected chi connectivity index (χ3v) is 7.05. The fourth-order valence-electron chi connectivity index (χ4n) is 5.02. The van der Waals surface area contributed by atoms with Gasteiger partial charge in [0.1, 0.15) is 11.5 Å². The molecule has 0 fully saturated rings. The number of aliphatic hydroxyl groups is 1. The number of amides is 2. The second-order valence-corrected chi connectivity index (χ2v) is 10.9. The zero-order valence-corrected chi connectivity index (χ0v) is 26.1. The summed E-state index contributed by atoms with van der Waals surface area (Å²) in [6.07, 6.45) is -4.37. The van der Waals surface area contributed by atoms with Gasteiger partial charge in [0.25, 0.3) is 11.8 Å². The lowest BCUT2D eigenvalue weighted by atomic mass is 9.99. The number of rotatable bonds is 16. The van der Waals surface area contributed by atoms with Crippen LogP contribution in [0.2, 0.25) is 0 Å². The van der Waals surface area contributed by atoms with Crippen molar-refractivity contribution < 1.29 is 37.3 Å². The van der Waals surface area contributed by atoms with Crippen LogP contribution < -0.4 is 20.1 Å². The summed E-state index contributed by atoms with van der Waals surface area (Å²) in [5.74, 6) is -0.410. The largest absolute Gasteiger partial charge is 0.573 e. The van der Waals surface area contributed by atoms with E-state index in [0.29, 0.717) is 42.1 Å². The molecule has 0 saturated carbocycles. The van der Waals surface area contributed by atoms with Gasteiger partial charge in [-0.2, -0.15) is 0 Å². The number of hydrogen-bond acceptors (Lipinski definition) is 6. The lowest BCUT2D eigenvalue weighted by Crippen LogP contribution is -2.48. The Balaban J connectivity index is 1.83. The highest BCUT2D eigenvalue weighted by Gasteiger charge is 2.31. The van der Waals surface area contributed by atoms with E-state index in [2.05, 4.69) is 15.4 Å². The summed E-state index contributed by atoms with van der Waals surface area (Å²) in [5, 5.41) is 17.2. The maximum Gasteiger partial charge on any atom is 0.573 e. The van der Waals surface area contributed by atoms with Crippen LogP contribution in [0.1, 0.15) is 64.1 Å². The highest BCUT2D eigenvalue weighted by Crippen LogP contribution is 2.24. The SMILES string of the molecule is CCCN(CCC)C(=O)c1cc(C)cc(C(=O)N[C@@H](Cc2cccc(OC(F)(F)F)c2)[C@H](O)CNCc2cccc(OC)c2)c1. The van der Waals surface area contributed by atoms with Crippen molar-refractivity contribution in [2.24, 2.45) is 0 Å². The van der Waals surface area contributed by atoms with Gasteiger partial charge in [0, 0.05) is 37.3 Å². The van der Waals surface area contributed by atoms with E-state index >= 15 is 0 Å². The zero-order valence-electron chi connectivity index (χ0n) is 26.1. The van der Waals surface area contributed by atoms with Crippen molar-refractivity contribution in [3.8, 4) is 11.5 Å². The van der Waals surface area contributed by atoms with Gasteiger partial charge in [-0.15, -0.1) is 13.2 Å². The molecule has 45 heavy (non-hydrogen) atoms. The molecule has 0 aromatic heterocycles. The zero-order chi connectivity index (χ0) is 33.0. The van der Waals surface area contributed by atoms with E-state index in [-0.39, 0.29) is 24.4 Å². The van der Waals surface area contributed by atoms with E-state index in [9.17, 15) is 27.9 Å². The van der Waals surface area contributed by atoms with Crippen LogP contribution in [0.15, 0.2) is 66.7 Å². The maximum absolute atomic E-state index is 13.6. The first-order chi connectivity index (χ1) is 21.4. The molecule has 11 heteroatoms. The van der Waals surface area contributed by atoms with Crippen molar-refractivity contribution >= 4 is 11.8 Å². The number of aryl methyl sites for hydroxylation is 1.